The van der Waals surface area contributed by atoms with E-state index in [1.165, 1.54) is 6.33 Å². The molecule has 1 aromatic rings. The van der Waals surface area contributed by atoms with E-state index in [1.807, 2.05) is 0 Å². The maximum Gasteiger partial charge on any atom is 0.156 e. The number of aromatic nitrogens is 2. The molecule has 1 aromatic heterocycles. The number of nitrogens with zero attached hydrogens (tertiary/aromatic N) is 2. The number of carbonyl (C=O) groups excluding carboxylic acids is 1. The minimum atomic E-state index is -0.516. The molecule has 1 rings (SSSR count). The first kappa shape index (κ1) is 14.9. The second-order valence-corrected chi connectivity index (χ2v) is 5.70. The molecule has 2 N–H and O–H groups in total. The van der Waals surface area contributed by atoms with Gasteiger partial charge in [0, 0.05) is 6.54 Å². The van der Waals surface area contributed by atoms with Gasteiger partial charge in [-0.25, -0.2) is 9.97 Å². The first-order valence-corrected chi connectivity index (χ1v) is 6.09. The molecule has 0 radical (unpaired) electrons. The summed E-state index contributed by atoms with van der Waals surface area (Å²) in [6.45, 7) is 6.46. The third kappa shape index (κ3) is 4.58. The Hall–Kier alpha value is -1.20. The lowest BCUT2D eigenvalue weighted by Gasteiger charge is -2.22. The number of aldehydes is 1. The lowest BCUT2D eigenvalue weighted by molar-refractivity contribution is 0.112. The Balaban J connectivity index is 2.64. The number of anilines is 1. The van der Waals surface area contributed by atoms with Crippen LogP contribution < -0.4 is 5.32 Å². The van der Waals surface area contributed by atoms with Gasteiger partial charge < -0.3 is 10.4 Å². The highest BCUT2D eigenvalue weighted by molar-refractivity contribution is 6.32. The minimum absolute atomic E-state index is 0.0396. The molecule has 1 atom stereocenters. The highest BCUT2D eigenvalue weighted by Gasteiger charge is 2.17. The highest BCUT2D eigenvalue weighted by Crippen LogP contribution is 2.21. The maximum atomic E-state index is 10.9. The van der Waals surface area contributed by atoms with E-state index >= 15 is 0 Å². The fourth-order valence-electron chi connectivity index (χ4n) is 1.61. The van der Waals surface area contributed by atoms with Gasteiger partial charge in [0.25, 0.3) is 0 Å². The summed E-state index contributed by atoms with van der Waals surface area (Å²) in [6, 6.07) is 0. The molecule has 1 unspecified atom stereocenters. The number of aliphatic hydroxyl groups is 1. The van der Waals surface area contributed by atoms with Gasteiger partial charge in [-0.1, -0.05) is 32.4 Å². The predicted octanol–water partition coefficient (Wildman–Crippen LogP) is 2.15. The van der Waals surface area contributed by atoms with Crippen LogP contribution in [-0.4, -0.2) is 34.0 Å². The molecule has 0 fully saturated rings. The number of carbonyl (C=O) groups is 1. The van der Waals surface area contributed by atoms with E-state index in [0.29, 0.717) is 25.1 Å². The lowest BCUT2D eigenvalue weighted by atomic mass is 9.89. The Bertz CT molecular complexity index is 418. The van der Waals surface area contributed by atoms with Crippen molar-refractivity contribution >= 4 is 23.7 Å². The van der Waals surface area contributed by atoms with Gasteiger partial charge in [0.05, 0.1) is 11.7 Å². The van der Waals surface area contributed by atoms with E-state index in [9.17, 15) is 9.90 Å². The van der Waals surface area contributed by atoms with Crippen molar-refractivity contribution in [2.24, 2.45) is 5.41 Å². The van der Waals surface area contributed by atoms with Gasteiger partial charge in [-0.15, -0.1) is 0 Å². The van der Waals surface area contributed by atoms with Crippen molar-refractivity contribution in [1.82, 2.24) is 9.97 Å². The molecule has 5 nitrogen and oxygen atoms in total. The zero-order chi connectivity index (χ0) is 13.8. The van der Waals surface area contributed by atoms with Crippen LogP contribution in [0.3, 0.4) is 0 Å². The zero-order valence-corrected chi connectivity index (χ0v) is 11.5. The first-order chi connectivity index (χ1) is 8.33. The summed E-state index contributed by atoms with van der Waals surface area (Å²) in [5, 5.41) is 12.9. The molecule has 0 aliphatic heterocycles. The number of hydrogen-bond donors (Lipinski definition) is 2. The van der Waals surface area contributed by atoms with Crippen molar-refractivity contribution in [3.05, 3.63) is 17.0 Å². The minimum Gasteiger partial charge on any atom is -0.391 e. The van der Waals surface area contributed by atoms with Gasteiger partial charge in [-0.3, -0.25) is 4.79 Å². The topological polar surface area (TPSA) is 75.1 Å². The normalized spacial score (nSPS) is 13.2. The van der Waals surface area contributed by atoms with Crippen LogP contribution in [0.1, 0.15) is 37.6 Å². The first-order valence-electron chi connectivity index (χ1n) is 5.71. The quantitative estimate of drug-likeness (QED) is 0.634. The van der Waals surface area contributed by atoms with Crippen molar-refractivity contribution in [2.45, 2.75) is 33.3 Å². The zero-order valence-electron chi connectivity index (χ0n) is 10.8. The second-order valence-electron chi connectivity index (χ2n) is 5.34. The predicted molar refractivity (Wildman–Crippen MR) is 71.0 cm³/mol. The maximum absolute atomic E-state index is 10.9. The molecule has 0 spiro atoms. The lowest BCUT2D eigenvalue weighted by Crippen LogP contribution is -2.25. The summed E-state index contributed by atoms with van der Waals surface area (Å²) < 4.78 is 0. The van der Waals surface area contributed by atoms with Gasteiger partial charge in [0.2, 0.25) is 0 Å². The molecule has 100 valence electrons. The van der Waals surface area contributed by atoms with Crippen LogP contribution in [0.4, 0.5) is 5.82 Å². The summed E-state index contributed by atoms with van der Waals surface area (Å²) in [5.41, 5.74) is 0.250. The fraction of sp³-hybridized carbons (Fsp3) is 0.583. The smallest absolute Gasteiger partial charge is 0.156 e. The van der Waals surface area contributed by atoms with Crippen molar-refractivity contribution in [2.75, 3.05) is 11.9 Å². The molecule has 0 bridgehead atoms. The molecule has 1 heterocycles. The standard InChI is InChI=1S/C12H18ClN3O2/c1-12(2,3)4-8(18)5-14-11-9(6-17)10(13)15-7-16-11/h6-8,18H,4-5H2,1-3H3,(H,14,15,16). The molecule has 6 heteroatoms. The fourth-order valence-corrected chi connectivity index (χ4v) is 1.79. The largest absolute Gasteiger partial charge is 0.391 e. The van der Waals surface area contributed by atoms with Crippen molar-refractivity contribution in [3.8, 4) is 0 Å². The van der Waals surface area contributed by atoms with Gasteiger partial charge in [0.15, 0.2) is 6.29 Å². The molecule has 0 saturated carbocycles. The Morgan fingerprint density at radius 1 is 1.50 bits per heavy atom. The average molecular weight is 272 g/mol. The van der Waals surface area contributed by atoms with Crippen LogP contribution in [0.5, 0.6) is 0 Å². The molecular weight excluding hydrogens is 254 g/mol. The van der Waals surface area contributed by atoms with Gasteiger partial charge in [-0.05, 0) is 11.8 Å². The van der Waals surface area contributed by atoms with Crippen molar-refractivity contribution in [1.29, 1.82) is 0 Å². The summed E-state index contributed by atoms with van der Waals surface area (Å²) in [5.74, 6) is 0.345. The second kappa shape index (κ2) is 6.11. The number of aliphatic hydroxyl groups excluding tert-OH is 1. The van der Waals surface area contributed by atoms with Crippen LogP contribution in [0.15, 0.2) is 6.33 Å². The molecule has 18 heavy (non-hydrogen) atoms. The van der Waals surface area contributed by atoms with Crippen LogP contribution in [-0.2, 0) is 0 Å². The highest BCUT2D eigenvalue weighted by atomic mass is 35.5. The number of nitrogens with one attached hydrogen (secondary N) is 1. The number of hydrogen-bond acceptors (Lipinski definition) is 5. The van der Waals surface area contributed by atoms with Gasteiger partial charge >= 0.3 is 0 Å². The molecule has 0 aliphatic carbocycles. The van der Waals surface area contributed by atoms with E-state index in [1.54, 1.807) is 0 Å². The third-order valence-electron chi connectivity index (χ3n) is 2.31. The molecule has 0 aromatic carbocycles. The third-order valence-corrected chi connectivity index (χ3v) is 2.61. The van der Waals surface area contributed by atoms with Crippen LogP contribution in [0, 0.1) is 5.41 Å². The number of halogens is 1. The summed E-state index contributed by atoms with van der Waals surface area (Å²) in [6.07, 6.45) is 2.00. The summed E-state index contributed by atoms with van der Waals surface area (Å²) >= 11 is 5.77. The summed E-state index contributed by atoms with van der Waals surface area (Å²) in [7, 11) is 0. The van der Waals surface area contributed by atoms with E-state index < -0.39 is 6.10 Å². The van der Waals surface area contributed by atoms with Gasteiger partial charge in [0.1, 0.15) is 17.3 Å². The molecule has 0 saturated heterocycles. The Morgan fingerprint density at radius 2 is 2.17 bits per heavy atom. The van der Waals surface area contributed by atoms with Gasteiger partial charge in [-0.2, -0.15) is 0 Å². The average Bonchev–Trinajstić information content (AvgIpc) is 2.24. The summed E-state index contributed by atoms with van der Waals surface area (Å²) in [4.78, 5) is 18.5. The van der Waals surface area contributed by atoms with Crippen LogP contribution in [0.2, 0.25) is 5.15 Å². The number of rotatable bonds is 5. The van der Waals surface area contributed by atoms with Crippen LogP contribution in [0.25, 0.3) is 0 Å². The Labute approximate surface area is 112 Å². The SMILES string of the molecule is CC(C)(C)CC(O)CNc1ncnc(Cl)c1C=O. The molecule has 0 amide bonds. The van der Waals surface area contributed by atoms with Crippen LogP contribution >= 0.6 is 11.6 Å². The van der Waals surface area contributed by atoms with E-state index in [4.69, 9.17) is 11.6 Å². The molecular formula is C12H18ClN3O2. The molecule has 0 aliphatic rings. The Kier molecular flexibility index (Phi) is 5.04. The van der Waals surface area contributed by atoms with Crippen molar-refractivity contribution < 1.29 is 9.90 Å². The monoisotopic (exact) mass is 271 g/mol. The Morgan fingerprint density at radius 3 is 2.72 bits per heavy atom. The van der Waals surface area contributed by atoms with E-state index in [0.717, 1.165) is 0 Å². The van der Waals surface area contributed by atoms with Crippen molar-refractivity contribution in [3.63, 3.8) is 0 Å². The van der Waals surface area contributed by atoms with E-state index in [-0.39, 0.29) is 16.1 Å². The van der Waals surface area contributed by atoms with E-state index in [2.05, 4.69) is 36.1 Å².